The summed E-state index contributed by atoms with van der Waals surface area (Å²) in [5, 5.41) is 11.0. The first-order chi connectivity index (χ1) is 12.5. The Morgan fingerprint density at radius 3 is 2.58 bits per heavy atom. The van der Waals surface area contributed by atoms with Crippen LogP contribution in [-0.2, 0) is 16.4 Å². The third-order valence-corrected chi connectivity index (χ3v) is 6.25. The lowest BCUT2D eigenvalue weighted by atomic mass is 10.1. The van der Waals surface area contributed by atoms with E-state index in [4.69, 9.17) is 9.47 Å². The highest BCUT2D eigenvalue weighted by Gasteiger charge is 2.33. The number of nitro benzene ring substituents is 1. The van der Waals surface area contributed by atoms with E-state index in [9.17, 15) is 18.5 Å². The Morgan fingerprint density at radius 1 is 1.04 bits per heavy atom. The van der Waals surface area contributed by atoms with Crippen molar-refractivity contribution < 1.29 is 22.8 Å². The van der Waals surface area contributed by atoms with E-state index < -0.39 is 14.9 Å². The van der Waals surface area contributed by atoms with Gasteiger partial charge < -0.3 is 9.47 Å². The Hall–Kier alpha value is -2.81. The molecule has 4 rings (SSSR count). The van der Waals surface area contributed by atoms with Crippen molar-refractivity contribution in [2.45, 2.75) is 17.7 Å². The second kappa shape index (κ2) is 6.17. The molecule has 2 aromatic carbocycles. The summed E-state index contributed by atoms with van der Waals surface area (Å²) in [7, 11) is -3.86. The van der Waals surface area contributed by atoms with Gasteiger partial charge in [-0.05, 0) is 24.1 Å². The van der Waals surface area contributed by atoms with Crippen LogP contribution in [0.15, 0.2) is 41.3 Å². The Morgan fingerprint density at radius 2 is 1.81 bits per heavy atom. The lowest BCUT2D eigenvalue weighted by Crippen LogP contribution is -2.29. The Labute approximate surface area is 150 Å². The summed E-state index contributed by atoms with van der Waals surface area (Å²) in [6.07, 6.45) is 1.23. The molecule has 9 heteroatoms. The molecule has 0 fully saturated rings. The van der Waals surface area contributed by atoms with Crippen molar-refractivity contribution in [1.29, 1.82) is 0 Å². The molecule has 0 saturated carbocycles. The molecular weight excluding hydrogens is 360 g/mol. The number of ether oxygens (including phenoxy) is 2. The van der Waals surface area contributed by atoms with Gasteiger partial charge in [0.15, 0.2) is 11.5 Å². The van der Waals surface area contributed by atoms with Crippen molar-refractivity contribution in [2.75, 3.05) is 24.1 Å². The predicted molar refractivity (Wildman–Crippen MR) is 93.4 cm³/mol. The molecular formula is C17H16N2O6S. The Bertz CT molecular complexity index is 989. The number of fused-ring (bicyclic) bond motifs is 2. The fraction of sp³-hybridized carbons (Fsp3) is 0.294. The molecule has 2 aliphatic rings. The predicted octanol–water partition coefficient (Wildman–Crippen LogP) is 2.51. The third-order valence-electron chi connectivity index (χ3n) is 4.44. The van der Waals surface area contributed by atoms with Crippen LogP contribution in [0.4, 0.5) is 11.4 Å². The first-order valence-corrected chi connectivity index (χ1v) is 9.60. The standard InChI is InChI=1S/C17H16N2O6S/c20-19(21)13-3-2-12-6-7-18(15(12)10-13)26(22,23)14-4-5-16-17(11-14)25-9-1-8-24-16/h2-5,10-11H,1,6-9H2. The molecule has 0 N–H and O–H groups in total. The van der Waals surface area contributed by atoms with E-state index in [-0.39, 0.29) is 17.1 Å². The van der Waals surface area contributed by atoms with Gasteiger partial charge in [-0.2, -0.15) is 0 Å². The van der Waals surface area contributed by atoms with Crippen LogP contribution in [0.25, 0.3) is 0 Å². The van der Waals surface area contributed by atoms with Crippen molar-refractivity contribution in [2.24, 2.45) is 0 Å². The zero-order valence-electron chi connectivity index (χ0n) is 13.8. The number of nitrogens with zero attached hydrogens (tertiary/aromatic N) is 2. The van der Waals surface area contributed by atoms with Gasteiger partial charge in [0.2, 0.25) is 0 Å². The molecule has 0 aliphatic carbocycles. The lowest BCUT2D eigenvalue weighted by molar-refractivity contribution is -0.384. The van der Waals surface area contributed by atoms with Gasteiger partial charge in [-0.1, -0.05) is 6.07 Å². The quantitative estimate of drug-likeness (QED) is 0.603. The fourth-order valence-electron chi connectivity index (χ4n) is 3.13. The van der Waals surface area contributed by atoms with Crippen LogP contribution in [0.1, 0.15) is 12.0 Å². The van der Waals surface area contributed by atoms with Crippen molar-refractivity contribution in [3.63, 3.8) is 0 Å². The summed E-state index contributed by atoms with van der Waals surface area (Å²) in [6, 6.07) is 8.81. The zero-order valence-corrected chi connectivity index (χ0v) is 14.6. The third kappa shape index (κ3) is 2.74. The molecule has 136 valence electrons. The van der Waals surface area contributed by atoms with E-state index in [1.807, 2.05) is 0 Å². The van der Waals surface area contributed by atoms with E-state index in [0.29, 0.717) is 36.8 Å². The second-order valence-corrected chi connectivity index (χ2v) is 7.92. The average molecular weight is 376 g/mol. The van der Waals surface area contributed by atoms with Crippen LogP contribution < -0.4 is 13.8 Å². The molecule has 2 aliphatic heterocycles. The molecule has 0 saturated heterocycles. The number of non-ortho nitro benzene ring substituents is 1. The number of nitro groups is 1. The minimum absolute atomic E-state index is 0.0705. The van der Waals surface area contributed by atoms with Crippen molar-refractivity contribution in [3.05, 3.63) is 52.1 Å². The van der Waals surface area contributed by atoms with Gasteiger partial charge in [-0.3, -0.25) is 14.4 Å². The first kappa shape index (κ1) is 16.6. The molecule has 2 heterocycles. The van der Waals surface area contributed by atoms with Crippen LogP contribution >= 0.6 is 0 Å². The van der Waals surface area contributed by atoms with Gasteiger partial charge in [0.25, 0.3) is 15.7 Å². The second-order valence-electron chi connectivity index (χ2n) is 6.06. The molecule has 0 unspecified atom stereocenters. The van der Waals surface area contributed by atoms with Crippen LogP contribution in [0.5, 0.6) is 11.5 Å². The molecule has 2 aromatic rings. The number of rotatable bonds is 3. The largest absolute Gasteiger partial charge is 0.490 e. The maximum absolute atomic E-state index is 13.1. The highest BCUT2D eigenvalue weighted by atomic mass is 32.2. The number of benzene rings is 2. The SMILES string of the molecule is O=[N+]([O-])c1ccc2c(c1)N(S(=O)(=O)c1ccc3c(c1)OCCCO3)CC2. The summed E-state index contributed by atoms with van der Waals surface area (Å²) >= 11 is 0. The van der Waals surface area contributed by atoms with E-state index >= 15 is 0 Å². The lowest BCUT2D eigenvalue weighted by Gasteiger charge is -2.20. The van der Waals surface area contributed by atoms with Gasteiger partial charge in [0, 0.05) is 31.2 Å². The van der Waals surface area contributed by atoms with Gasteiger partial charge in [-0.25, -0.2) is 8.42 Å². The first-order valence-electron chi connectivity index (χ1n) is 8.16. The van der Waals surface area contributed by atoms with E-state index in [1.165, 1.54) is 28.6 Å². The van der Waals surface area contributed by atoms with Crippen LogP contribution in [-0.4, -0.2) is 33.1 Å². The zero-order chi connectivity index (χ0) is 18.3. The summed E-state index contributed by atoms with van der Waals surface area (Å²) in [5.74, 6) is 0.904. The molecule has 0 spiro atoms. The Balaban J connectivity index is 1.74. The highest BCUT2D eigenvalue weighted by molar-refractivity contribution is 7.92. The maximum atomic E-state index is 13.1. The summed E-state index contributed by atoms with van der Waals surface area (Å²) in [5.41, 5.74) is 0.990. The number of hydrogen-bond acceptors (Lipinski definition) is 6. The van der Waals surface area contributed by atoms with Crippen molar-refractivity contribution >= 4 is 21.4 Å². The van der Waals surface area contributed by atoms with Crippen molar-refractivity contribution in [1.82, 2.24) is 0 Å². The van der Waals surface area contributed by atoms with Crippen LogP contribution in [0, 0.1) is 10.1 Å². The molecule has 0 amide bonds. The van der Waals surface area contributed by atoms with Gasteiger partial charge in [0.05, 0.1) is 28.7 Å². The van der Waals surface area contributed by atoms with E-state index in [1.54, 1.807) is 12.1 Å². The number of anilines is 1. The molecule has 0 aromatic heterocycles. The molecule has 8 nitrogen and oxygen atoms in total. The normalized spacial score (nSPS) is 16.1. The minimum atomic E-state index is -3.86. The topological polar surface area (TPSA) is 99.0 Å². The number of sulfonamides is 1. The smallest absolute Gasteiger partial charge is 0.271 e. The molecule has 0 radical (unpaired) electrons. The molecule has 0 atom stereocenters. The summed E-state index contributed by atoms with van der Waals surface area (Å²) < 4.78 is 38.5. The van der Waals surface area contributed by atoms with Gasteiger partial charge in [-0.15, -0.1) is 0 Å². The van der Waals surface area contributed by atoms with Crippen LogP contribution in [0.3, 0.4) is 0 Å². The maximum Gasteiger partial charge on any atom is 0.271 e. The minimum Gasteiger partial charge on any atom is -0.490 e. The highest BCUT2D eigenvalue weighted by Crippen LogP contribution is 2.38. The van der Waals surface area contributed by atoms with Gasteiger partial charge >= 0.3 is 0 Å². The monoisotopic (exact) mass is 376 g/mol. The number of hydrogen-bond donors (Lipinski definition) is 0. The Kier molecular flexibility index (Phi) is 3.95. The summed E-state index contributed by atoms with van der Waals surface area (Å²) in [6.45, 7) is 1.21. The van der Waals surface area contributed by atoms with E-state index in [0.717, 1.165) is 12.0 Å². The van der Waals surface area contributed by atoms with Gasteiger partial charge in [0.1, 0.15) is 0 Å². The summed E-state index contributed by atoms with van der Waals surface area (Å²) in [4.78, 5) is 10.6. The molecule has 26 heavy (non-hydrogen) atoms. The fourth-order valence-corrected chi connectivity index (χ4v) is 4.64. The van der Waals surface area contributed by atoms with Crippen LogP contribution in [0.2, 0.25) is 0 Å². The van der Waals surface area contributed by atoms with Crippen molar-refractivity contribution in [3.8, 4) is 11.5 Å². The van der Waals surface area contributed by atoms with E-state index in [2.05, 4.69) is 0 Å². The average Bonchev–Trinajstić information content (AvgIpc) is 2.91. The molecule has 0 bridgehead atoms.